The maximum absolute atomic E-state index is 13.5. The fourth-order valence-corrected chi connectivity index (χ4v) is 3.84. The summed E-state index contributed by atoms with van der Waals surface area (Å²) in [6.07, 6.45) is 1.90. The summed E-state index contributed by atoms with van der Waals surface area (Å²) in [5.74, 6) is -1.93. The SMILES string of the molecule is COCC(NC(=O)c1ccno1)C(=O)NC(Cc1ccccc1)C(=O)NC(CC(C)C)C(=O)C1(C)CO1. The van der Waals surface area contributed by atoms with Crippen LogP contribution in [0.4, 0.5) is 0 Å². The summed E-state index contributed by atoms with van der Waals surface area (Å²) in [7, 11) is 1.39. The van der Waals surface area contributed by atoms with Gasteiger partial charge in [-0.15, -0.1) is 0 Å². The van der Waals surface area contributed by atoms with Crippen molar-refractivity contribution in [2.75, 3.05) is 20.3 Å². The van der Waals surface area contributed by atoms with Crippen LogP contribution in [0.1, 0.15) is 43.3 Å². The van der Waals surface area contributed by atoms with E-state index in [2.05, 4.69) is 21.1 Å². The van der Waals surface area contributed by atoms with Gasteiger partial charge in [0.1, 0.15) is 17.7 Å². The van der Waals surface area contributed by atoms with Crippen LogP contribution in [0.3, 0.4) is 0 Å². The molecule has 4 unspecified atom stereocenters. The fraction of sp³-hybridized carbons (Fsp3) is 0.500. The van der Waals surface area contributed by atoms with E-state index >= 15 is 0 Å². The number of hydrogen-bond donors (Lipinski definition) is 3. The Hall–Kier alpha value is -3.57. The molecule has 200 valence electrons. The molecule has 11 nitrogen and oxygen atoms in total. The van der Waals surface area contributed by atoms with Crippen LogP contribution < -0.4 is 16.0 Å². The first-order valence-electron chi connectivity index (χ1n) is 12.2. The third-order valence-corrected chi connectivity index (χ3v) is 5.97. The average Bonchev–Trinajstić information content (AvgIpc) is 3.38. The van der Waals surface area contributed by atoms with Crippen molar-refractivity contribution in [3.8, 4) is 0 Å². The predicted molar refractivity (Wildman–Crippen MR) is 132 cm³/mol. The van der Waals surface area contributed by atoms with Crippen LogP contribution in [-0.4, -0.2) is 72.7 Å². The molecule has 0 aliphatic carbocycles. The number of carbonyl (C=O) groups excluding carboxylic acids is 4. The first-order valence-corrected chi connectivity index (χ1v) is 12.2. The zero-order valence-corrected chi connectivity index (χ0v) is 21.5. The van der Waals surface area contributed by atoms with Gasteiger partial charge < -0.3 is 29.9 Å². The molecule has 0 saturated carbocycles. The molecule has 3 rings (SSSR count). The van der Waals surface area contributed by atoms with Crippen molar-refractivity contribution < 1.29 is 33.2 Å². The summed E-state index contributed by atoms with van der Waals surface area (Å²) in [5, 5.41) is 11.6. The number of ketones is 1. The highest BCUT2D eigenvalue weighted by molar-refractivity contribution is 5.99. The van der Waals surface area contributed by atoms with Gasteiger partial charge in [0.2, 0.25) is 17.6 Å². The maximum atomic E-state index is 13.5. The zero-order chi connectivity index (χ0) is 27.0. The summed E-state index contributed by atoms with van der Waals surface area (Å²) < 4.78 is 15.3. The number of ether oxygens (including phenoxy) is 2. The fourth-order valence-electron chi connectivity index (χ4n) is 3.84. The van der Waals surface area contributed by atoms with Crippen LogP contribution in [0, 0.1) is 5.92 Å². The number of nitrogens with one attached hydrogen (secondary N) is 3. The van der Waals surface area contributed by atoms with Crippen molar-refractivity contribution in [2.45, 2.75) is 57.3 Å². The number of benzene rings is 1. The van der Waals surface area contributed by atoms with Crippen LogP contribution in [0.2, 0.25) is 0 Å². The minimum Gasteiger partial charge on any atom is -0.382 e. The summed E-state index contributed by atoms with van der Waals surface area (Å²) in [6.45, 7) is 5.78. The number of methoxy groups -OCH3 is 1. The molecule has 0 bridgehead atoms. The molecule has 2 aromatic rings. The lowest BCUT2D eigenvalue weighted by atomic mass is 9.93. The van der Waals surface area contributed by atoms with Crippen molar-refractivity contribution in [3.05, 3.63) is 53.9 Å². The lowest BCUT2D eigenvalue weighted by Gasteiger charge is -2.26. The minimum absolute atomic E-state index is 0.0710. The second kappa shape index (κ2) is 12.6. The third-order valence-electron chi connectivity index (χ3n) is 5.97. The first-order chi connectivity index (χ1) is 17.6. The number of amides is 3. The Balaban J connectivity index is 1.77. The Morgan fingerprint density at radius 1 is 1.00 bits per heavy atom. The van der Waals surface area contributed by atoms with Gasteiger partial charge in [-0.05, 0) is 24.8 Å². The highest BCUT2D eigenvalue weighted by Crippen LogP contribution is 2.29. The first kappa shape index (κ1) is 28.0. The van der Waals surface area contributed by atoms with Crippen molar-refractivity contribution in [1.29, 1.82) is 0 Å². The predicted octanol–water partition coefficient (Wildman–Crippen LogP) is 1.04. The lowest BCUT2D eigenvalue weighted by molar-refractivity contribution is -0.133. The van der Waals surface area contributed by atoms with Crippen LogP contribution in [0.25, 0.3) is 0 Å². The lowest BCUT2D eigenvalue weighted by Crippen LogP contribution is -2.58. The second-order valence-electron chi connectivity index (χ2n) is 9.68. The van der Waals surface area contributed by atoms with Gasteiger partial charge in [0.25, 0.3) is 5.91 Å². The van der Waals surface area contributed by atoms with E-state index in [-0.39, 0.29) is 30.5 Å². The highest BCUT2D eigenvalue weighted by Gasteiger charge is 2.50. The van der Waals surface area contributed by atoms with Gasteiger partial charge >= 0.3 is 0 Å². The number of carbonyl (C=O) groups is 4. The monoisotopic (exact) mass is 514 g/mol. The van der Waals surface area contributed by atoms with Gasteiger partial charge in [-0.2, -0.15) is 0 Å². The maximum Gasteiger partial charge on any atom is 0.290 e. The molecule has 0 radical (unpaired) electrons. The molecule has 0 spiro atoms. The smallest absolute Gasteiger partial charge is 0.290 e. The Morgan fingerprint density at radius 2 is 1.65 bits per heavy atom. The molecular formula is C26H34N4O7. The second-order valence-corrected chi connectivity index (χ2v) is 9.68. The van der Waals surface area contributed by atoms with Crippen LogP contribution >= 0.6 is 0 Å². The summed E-state index contributed by atoms with van der Waals surface area (Å²) in [5.41, 5.74) is -0.0966. The highest BCUT2D eigenvalue weighted by atomic mass is 16.6. The van der Waals surface area contributed by atoms with Crippen LogP contribution in [-0.2, 0) is 30.3 Å². The summed E-state index contributed by atoms with van der Waals surface area (Å²) in [4.78, 5) is 52.1. The molecule has 1 fully saturated rings. The van der Waals surface area contributed by atoms with Gasteiger partial charge in [-0.1, -0.05) is 49.3 Å². The zero-order valence-electron chi connectivity index (χ0n) is 21.5. The Morgan fingerprint density at radius 3 is 2.22 bits per heavy atom. The summed E-state index contributed by atoms with van der Waals surface area (Å²) >= 11 is 0. The van der Waals surface area contributed by atoms with Crippen molar-refractivity contribution in [1.82, 2.24) is 21.1 Å². The number of epoxide rings is 1. The van der Waals surface area contributed by atoms with Crippen molar-refractivity contribution in [2.24, 2.45) is 5.92 Å². The van der Waals surface area contributed by atoms with Crippen LogP contribution in [0.5, 0.6) is 0 Å². The average molecular weight is 515 g/mol. The molecule has 1 aromatic carbocycles. The normalized spacial score (nSPS) is 18.9. The van der Waals surface area contributed by atoms with Gasteiger partial charge in [0, 0.05) is 19.6 Å². The molecule has 3 amide bonds. The summed E-state index contributed by atoms with van der Waals surface area (Å²) in [6, 6.07) is 7.63. The molecule has 1 aliphatic rings. The van der Waals surface area contributed by atoms with E-state index in [0.717, 1.165) is 5.56 Å². The molecule has 1 aromatic heterocycles. The van der Waals surface area contributed by atoms with Gasteiger partial charge in [-0.25, -0.2) is 0 Å². The van der Waals surface area contributed by atoms with Crippen LogP contribution in [0.15, 0.2) is 47.1 Å². The van der Waals surface area contributed by atoms with E-state index < -0.39 is 41.4 Å². The van der Waals surface area contributed by atoms with Gasteiger partial charge in [0.15, 0.2) is 5.78 Å². The van der Waals surface area contributed by atoms with E-state index in [0.29, 0.717) is 13.0 Å². The molecule has 3 N–H and O–H groups in total. The Bertz CT molecular complexity index is 1070. The number of Topliss-reactive ketones (excluding diaryl/α,β-unsaturated/α-hetero) is 1. The largest absolute Gasteiger partial charge is 0.382 e. The quantitative estimate of drug-likeness (QED) is 0.316. The topological polar surface area (TPSA) is 152 Å². The van der Waals surface area contributed by atoms with Crippen molar-refractivity contribution in [3.63, 3.8) is 0 Å². The van der Waals surface area contributed by atoms with E-state index in [4.69, 9.17) is 14.0 Å². The number of nitrogens with zero attached hydrogens (tertiary/aromatic N) is 1. The molecule has 11 heteroatoms. The molecule has 1 aliphatic heterocycles. The van der Waals surface area contributed by atoms with Crippen molar-refractivity contribution >= 4 is 23.5 Å². The molecule has 2 heterocycles. The molecule has 37 heavy (non-hydrogen) atoms. The minimum atomic E-state index is -1.11. The molecule has 1 saturated heterocycles. The standard InChI is InChI=1S/C26H34N4O7/c1-16(2)12-18(22(31)26(3)15-36-26)28-23(32)19(13-17-8-6-5-7-9-17)29-24(33)20(14-35-4)30-25(34)21-10-11-27-37-21/h5-11,16,18-20H,12-15H2,1-4H3,(H,28,32)(H,29,33)(H,30,34). The van der Waals surface area contributed by atoms with E-state index in [1.54, 1.807) is 6.92 Å². The van der Waals surface area contributed by atoms with E-state index in [9.17, 15) is 19.2 Å². The van der Waals surface area contributed by atoms with Gasteiger partial charge in [-0.3, -0.25) is 19.2 Å². The Kier molecular flexibility index (Phi) is 9.54. The van der Waals surface area contributed by atoms with Gasteiger partial charge in [0.05, 0.1) is 25.5 Å². The molecule has 4 atom stereocenters. The third kappa shape index (κ3) is 7.96. The molecular weight excluding hydrogens is 480 g/mol. The van der Waals surface area contributed by atoms with E-state index in [1.807, 2.05) is 44.2 Å². The Labute approximate surface area is 215 Å². The number of aromatic nitrogens is 1. The number of hydrogen-bond acceptors (Lipinski definition) is 8. The number of rotatable bonds is 14. The van der Waals surface area contributed by atoms with E-state index in [1.165, 1.54) is 19.4 Å².